The van der Waals surface area contributed by atoms with Crippen LogP contribution in [0, 0.1) is 23.2 Å². The van der Waals surface area contributed by atoms with Gasteiger partial charge in [-0.15, -0.1) is 0 Å². The Bertz CT molecular complexity index is 367. The molecular weight excluding hydrogens is 212 g/mol. The molecule has 0 amide bonds. The van der Waals surface area contributed by atoms with E-state index in [4.69, 9.17) is 5.26 Å². The zero-order valence-corrected chi connectivity index (χ0v) is 9.54. The number of rotatable bonds is 3. The molecule has 5 heteroatoms. The summed E-state index contributed by atoms with van der Waals surface area (Å²) in [5.41, 5.74) is 0. The van der Waals surface area contributed by atoms with Gasteiger partial charge in [-0.2, -0.15) is 5.26 Å². The molecule has 0 N–H and O–H groups in total. The Kier molecular flexibility index (Phi) is 2.98. The molecule has 15 heavy (non-hydrogen) atoms. The molecule has 0 spiro atoms. The molecule has 2 fully saturated rings. The molecule has 1 saturated heterocycles. The monoisotopic (exact) mass is 228 g/mol. The van der Waals surface area contributed by atoms with Crippen LogP contribution in [0.4, 0.5) is 0 Å². The first kappa shape index (κ1) is 10.9. The maximum Gasteiger partial charge on any atom is 0.214 e. The highest BCUT2D eigenvalue weighted by molar-refractivity contribution is 7.89. The average molecular weight is 228 g/mol. The van der Waals surface area contributed by atoms with Crippen molar-refractivity contribution in [2.75, 3.05) is 18.8 Å². The van der Waals surface area contributed by atoms with Gasteiger partial charge in [-0.25, -0.2) is 12.7 Å². The topological polar surface area (TPSA) is 61.2 Å². The lowest BCUT2D eigenvalue weighted by molar-refractivity contribution is 0.304. The fraction of sp³-hybridized carbons (Fsp3) is 0.900. The summed E-state index contributed by atoms with van der Waals surface area (Å²) in [5, 5.41) is 8.80. The number of hydrogen-bond acceptors (Lipinski definition) is 3. The van der Waals surface area contributed by atoms with Crippen molar-refractivity contribution < 1.29 is 8.42 Å². The third kappa shape index (κ3) is 2.70. The molecule has 4 nitrogen and oxygen atoms in total. The summed E-state index contributed by atoms with van der Waals surface area (Å²) >= 11 is 0. The van der Waals surface area contributed by atoms with Gasteiger partial charge in [-0.3, -0.25) is 0 Å². The molecule has 2 aliphatic rings. The summed E-state index contributed by atoms with van der Waals surface area (Å²) < 4.78 is 25.3. The van der Waals surface area contributed by atoms with Crippen molar-refractivity contribution in [2.45, 2.75) is 25.7 Å². The first-order valence-corrected chi connectivity index (χ1v) is 7.10. The van der Waals surface area contributed by atoms with Crippen molar-refractivity contribution in [3.63, 3.8) is 0 Å². The van der Waals surface area contributed by atoms with Gasteiger partial charge >= 0.3 is 0 Å². The average Bonchev–Trinajstić information content (AvgIpc) is 3.01. The molecule has 84 valence electrons. The van der Waals surface area contributed by atoms with Gasteiger partial charge in [0.25, 0.3) is 0 Å². The highest BCUT2D eigenvalue weighted by Crippen LogP contribution is 2.32. The standard InChI is InChI=1S/C10H16N2O2S/c11-6-10-2-1-5-12(7-10)15(13,14)8-9-3-4-9/h9-10H,1-5,7-8H2. The summed E-state index contributed by atoms with van der Waals surface area (Å²) in [6.07, 6.45) is 3.76. The summed E-state index contributed by atoms with van der Waals surface area (Å²) in [7, 11) is -3.08. The molecule has 1 unspecified atom stereocenters. The minimum Gasteiger partial charge on any atom is -0.212 e. The van der Waals surface area contributed by atoms with E-state index in [1.165, 1.54) is 4.31 Å². The maximum atomic E-state index is 11.9. The van der Waals surface area contributed by atoms with Crippen molar-refractivity contribution in [2.24, 2.45) is 11.8 Å². The number of sulfonamides is 1. The second-order valence-electron chi connectivity index (χ2n) is 4.55. The lowest BCUT2D eigenvalue weighted by Gasteiger charge is -2.28. The predicted molar refractivity (Wildman–Crippen MR) is 56.4 cm³/mol. The van der Waals surface area contributed by atoms with Crippen LogP contribution in [0.15, 0.2) is 0 Å². The van der Waals surface area contributed by atoms with Gasteiger partial charge in [0, 0.05) is 13.1 Å². The quantitative estimate of drug-likeness (QED) is 0.723. The van der Waals surface area contributed by atoms with E-state index in [0.717, 1.165) is 25.7 Å². The molecule has 1 atom stereocenters. The Morgan fingerprint density at radius 2 is 2.07 bits per heavy atom. The van der Waals surface area contributed by atoms with Crippen LogP contribution in [0.2, 0.25) is 0 Å². The van der Waals surface area contributed by atoms with Crippen molar-refractivity contribution in [1.29, 1.82) is 5.26 Å². The largest absolute Gasteiger partial charge is 0.214 e. The van der Waals surface area contributed by atoms with Crippen LogP contribution in [0.25, 0.3) is 0 Å². The zero-order chi connectivity index (χ0) is 10.9. The Balaban J connectivity index is 1.99. The SMILES string of the molecule is N#CC1CCCN(S(=O)(=O)CC2CC2)C1. The zero-order valence-electron chi connectivity index (χ0n) is 8.72. The number of nitrogens with zero attached hydrogens (tertiary/aromatic N) is 2. The lowest BCUT2D eigenvalue weighted by atomic mass is 10.0. The van der Waals surface area contributed by atoms with Gasteiger partial charge in [0.05, 0.1) is 17.7 Å². The summed E-state index contributed by atoms with van der Waals surface area (Å²) in [4.78, 5) is 0. The smallest absolute Gasteiger partial charge is 0.212 e. The van der Waals surface area contributed by atoms with Crippen molar-refractivity contribution in [3.05, 3.63) is 0 Å². The van der Waals surface area contributed by atoms with Crippen molar-refractivity contribution in [3.8, 4) is 6.07 Å². The first-order chi connectivity index (χ1) is 7.12. The maximum absolute atomic E-state index is 11.9. The van der Waals surface area contributed by atoms with Gasteiger partial charge in [-0.1, -0.05) is 0 Å². The van der Waals surface area contributed by atoms with Crippen LogP contribution in [-0.4, -0.2) is 31.6 Å². The van der Waals surface area contributed by atoms with Gasteiger partial charge < -0.3 is 0 Å². The van der Waals surface area contributed by atoms with Gasteiger partial charge in [-0.05, 0) is 31.6 Å². The molecule has 1 heterocycles. The molecule has 0 aromatic heterocycles. The Hall–Kier alpha value is -0.600. The van der Waals surface area contributed by atoms with E-state index >= 15 is 0 Å². The third-order valence-corrected chi connectivity index (χ3v) is 5.11. The van der Waals surface area contributed by atoms with E-state index in [1.54, 1.807) is 0 Å². The van der Waals surface area contributed by atoms with Crippen LogP contribution < -0.4 is 0 Å². The van der Waals surface area contributed by atoms with Crippen molar-refractivity contribution in [1.82, 2.24) is 4.31 Å². The van der Waals surface area contributed by atoms with Gasteiger partial charge in [0.15, 0.2) is 0 Å². The van der Waals surface area contributed by atoms with Crippen LogP contribution in [0.1, 0.15) is 25.7 Å². The van der Waals surface area contributed by atoms with E-state index < -0.39 is 10.0 Å². The fourth-order valence-corrected chi connectivity index (χ4v) is 3.94. The highest BCUT2D eigenvalue weighted by atomic mass is 32.2. The predicted octanol–water partition coefficient (Wildman–Crippen LogP) is 0.962. The van der Waals surface area contributed by atoms with Gasteiger partial charge in [0.2, 0.25) is 10.0 Å². The van der Waals surface area contributed by atoms with Crippen LogP contribution >= 0.6 is 0 Å². The lowest BCUT2D eigenvalue weighted by Crippen LogP contribution is -2.41. The molecule has 0 radical (unpaired) electrons. The molecule has 0 aromatic carbocycles. The summed E-state index contributed by atoms with van der Waals surface area (Å²) in [5.74, 6) is 0.579. The third-order valence-electron chi connectivity index (χ3n) is 3.10. The Morgan fingerprint density at radius 1 is 1.33 bits per heavy atom. The first-order valence-electron chi connectivity index (χ1n) is 5.49. The molecule has 1 aliphatic heterocycles. The Labute approximate surface area is 90.9 Å². The van der Waals surface area contributed by atoms with E-state index in [1.807, 2.05) is 0 Å². The minimum absolute atomic E-state index is 0.104. The van der Waals surface area contributed by atoms with Crippen molar-refractivity contribution >= 4 is 10.0 Å². The highest BCUT2D eigenvalue weighted by Gasteiger charge is 2.34. The normalized spacial score (nSPS) is 28.6. The van der Waals surface area contributed by atoms with E-state index in [0.29, 0.717) is 24.8 Å². The fourth-order valence-electron chi connectivity index (χ4n) is 1.99. The second-order valence-corrected chi connectivity index (χ2v) is 6.56. The minimum atomic E-state index is -3.08. The molecule has 1 saturated carbocycles. The molecule has 2 rings (SSSR count). The molecule has 1 aliphatic carbocycles. The number of piperidine rings is 1. The molecule has 0 aromatic rings. The van der Waals surface area contributed by atoms with E-state index in [9.17, 15) is 8.42 Å². The van der Waals surface area contributed by atoms with E-state index in [-0.39, 0.29) is 5.92 Å². The Morgan fingerprint density at radius 3 is 2.67 bits per heavy atom. The molecule has 0 bridgehead atoms. The van der Waals surface area contributed by atoms with E-state index in [2.05, 4.69) is 6.07 Å². The van der Waals surface area contributed by atoms with Crippen LogP contribution in [-0.2, 0) is 10.0 Å². The summed E-state index contributed by atoms with van der Waals surface area (Å²) in [6.45, 7) is 1.01. The molecular formula is C10H16N2O2S. The number of nitriles is 1. The van der Waals surface area contributed by atoms with Gasteiger partial charge in [0.1, 0.15) is 0 Å². The second kappa shape index (κ2) is 4.11. The van der Waals surface area contributed by atoms with Crippen LogP contribution in [0.5, 0.6) is 0 Å². The number of hydrogen-bond donors (Lipinski definition) is 0. The van der Waals surface area contributed by atoms with Crippen LogP contribution in [0.3, 0.4) is 0 Å². The summed E-state index contributed by atoms with van der Waals surface area (Å²) in [6, 6.07) is 2.17.